The third kappa shape index (κ3) is 2.69. The fourth-order valence-electron chi connectivity index (χ4n) is 2.16. The van der Waals surface area contributed by atoms with E-state index in [1.54, 1.807) is 29.2 Å². The highest BCUT2D eigenvalue weighted by Gasteiger charge is 2.23. The largest absolute Gasteiger partial charge is 0.381 e. The van der Waals surface area contributed by atoms with E-state index in [4.69, 9.17) is 10.00 Å². The topological polar surface area (TPSA) is 53.3 Å². The van der Waals surface area contributed by atoms with E-state index >= 15 is 0 Å². The molecule has 1 aliphatic heterocycles. The molecule has 1 aliphatic rings. The van der Waals surface area contributed by atoms with Gasteiger partial charge in [0.1, 0.15) is 0 Å². The number of nitrogens with zero attached hydrogens (tertiary/aromatic N) is 2. The zero-order chi connectivity index (χ0) is 13.0. The predicted octanol–water partition coefficient (Wildman–Crippen LogP) is 1.81. The lowest BCUT2D eigenvalue weighted by atomic mass is 10.1. The van der Waals surface area contributed by atoms with Gasteiger partial charge in [-0.2, -0.15) is 5.26 Å². The summed E-state index contributed by atoms with van der Waals surface area (Å²) < 4.78 is 5.29. The fourth-order valence-corrected chi connectivity index (χ4v) is 2.16. The maximum Gasteiger partial charge on any atom is 0.253 e. The van der Waals surface area contributed by atoms with Crippen molar-refractivity contribution in [2.24, 2.45) is 0 Å². The van der Waals surface area contributed by atoms with E-state index in [0.29, 0.717) is 24.3 Å². The van der Waals surface area contributed by atoms with Gasteiger partial charge in [-0.3, -0.25) is 4.79 Å². The third-order valence-electron chi connectivity index (χ3n) is 3.30. The quantitative estimate of drug-likeness (QED) is 0.797. The van der Waals surface area contributed by atoms with Crippen molar-refractivity contribution in [3.63, 3.8) is 0 Å². The minimum atomic E-state index is -0.0287. The maximum absolute atomic E-state index is 12.3. The molecule has 0 saturated carbocycles. The fraction of sp³-hybridized carbons (Fsp3) is 0.429. The van der Waals surface area contributed by atoms with Gasteiger partial charge < -0.3 is 9.64 Å². The molecule has 2 rings (SSSR count). The molecule has 1 heterocycles. The number of carbonyl (C=O) groups is 1. The first-order valence-electron chi connectivity index (χ1n) is 6.07. The number of amides is 1. The zero-order valence-corrected chi connectivity index (χ0v) is 10.4. The molecule has 94 valence electrons. The summed E-state index contributed by atoms with van der Waals surface area (Å²) >= 11 is 0. The van der Waals surface area contributed by atoms with Crippen molar-refractivity contribution in [3.8, 4) is 6.07 Å². The first kappa shape index (κ1) is 12.6. The van der Waals surface area contributed by atoms with E-state index in [9.17, 15) is 4.79 Å². The highest BCUT2D eigenvalue weighted by Crippen LogP contribution is 2.16. The van der Waals surface area contributed by atoms with Gasteiger partial charge in [0.2, 0.25) is 0 Å². The van der Waals surface area contributed by atoms with Crippen LogP contribution in [0.15, 0.2) is 24.3 Å². The number of ether oxygens (including phenoxy) is 1. The zero-order valence-electron chi connectivity index (χ0n) is 10.4. The number of rotatable bonds is 2. The number of nitriles is 1. The summed E-state index contributed by atoms with van der Waals surface area (Å²) in [5.74, 6) is -0.0287. The molecule has 1 aromatic rings. The monoisotopic (exact) mass is 244 g/mol. The Balaban J connectivity index is 2.12. The van der Waals surface area contributed by atoms with Gasteiger partial charge in [-0.1, -0.05) is 6.07 Å². The molecule has 0 spiro atoms. The lowest BCUT2D eigenvalue weighted by molar-refractivity contribution is 0.0362. The second-order valence-electron chi connectivity index (χ2n) is 4.45. The van der Waals surface area contributed by atoms with E-state index < -0.39 is 0 Å². The Morgan fingerprint density at radius 2 is 2.17 bits per heavy atom. The van der Waals surface area contributed by atoms with Crippen LogP contribution in [0.25, 0.3) is 0 Å². The molecule has 0 unspecified atom stereocenters. The standard InChI is InChI=1S/C14H16N2O2/c1-16(13-5-7-18-8-6-13)14(17)12-4-2-3-11(9-12)10-15/h2-4,9,13H,5-8H2,1H3. The number of benzene rings is 1. The molecule has 1 saturated heterocycles. The second-order valence-corrected chi connectivity index (χ2v) is 4.45. The van der Waals surface area contributed by atoms with Gasteiger partial charge in [0, 0.05) is 31.9 Å². The second kappa shape index (κ2) is 5.65. The first-order valence-corrected chi connectivity index (χ1v) is 6.07. The molecule has 4 heteroatoms. The van der Waals surface area contributed by atoms with Crippen LogP contribution in [0.3, 0.4) is 0 Å². The summed E-state index contributed by atoms with van der Waals surface area (Å²) in [5, 5.41) is 8.84. The molecule has 0 N–H and O–H groups in total. The Kier molecular flexibility index (Phi) is 3.96. The molecule has 1 fully saturated rings. The summed E-state index contributed by atoms with van der Waals surface area (Å²) in [6, 6.07) is 9.11. The molecule has 0 aromatic heterocycles. The summed E-state index contributed by atoms with van der Waals surface area (Å²) in [4.78, 5) is 14.1. The minimum absolute atomic E-state index is 0.0287. The van der Waals surface area contributed by atoms with E-state index in [2.05, 4.69) is 0 Å². The molecular formula is C14H16N2O2. The Bertz CT molecular complexity index is 473. The lowest BCUT2D eigenvalue weighted by Crippen LogP contribution is -2.40. The van der Waals surface area contributed by atoms with Crippen molar-refractivity contribution in [1.29, 1.82) is 5.26 Å². The van der Waals surface area contributed by atoms with Gasteiger partial charge in [0.15, 0.2) is 0 Å². The van der Waals surface area contributed by atoms with E-state index in [1.807, 2.05) is 13.1 Å². The SMILES string of the molecule is CN(C(=O)c1cccc(C#N)c1)C1CCOCC1. The van der Waals surface area contributed by atoms with Crippen molar-refractivity contribution in [1.82, 2.24) is 4.90 Å². The molecule has 1 aromatic carbocycles. The van der Waals surface area contributed by atoms with Crippen LogP contribution in [0.2, 0.25) is 0 Å². The van der Waals surface area contributed by atoms with E-state index in [1.165, 1.54) is 0 Å². The molecule has 0 bridgehead atoms. The molecule has 1 amide bonds. The van der Waals surface area contributed by atoms with Crippen molar-refractivity contribution in [3.05, 3.63) is 35.4 Å². The van der Waals surface area contributed by atoms with Crippen molar-refractivity contribution < 1.29 is 9.53 Å². The van der Waals surface area contributed by atoms with Gasteiger partial charge >= 0.3 is 0 Å². The Morgan fingerprint density at radius 3 is 2.83 bits per heavy atom. The molecule has 4 nitrogen and oxygen atoms in total. The van der Waals surface area contributed by atoms with Crippen LogP contribution in [0, 0.1) is 11.3 Å². The van der Waals surface area contributed by atoms with E-state index in [-0.39, 0.29) is 11.9 Å². The predicted molar refractivity (Wildman–Crippen MR) is 67.1 cm³/mol. The van der Waals surface area contributed by atoms with Crippen LogP contribution in [0.4, 0.5) is 0 Å². The van der Waals surface area contributed by atoms with Gasteiger partial charge in [0.05, 0.1) is 11.6 Å². The number of hydrogen-bond donors (Lipinski definition) is 0. The average molecular weight is 244 g/mol. The maximum atomic E-state index is 12.3. The molecule has 0 aliphatic carbocycles. The summed E-state index contributed by atoms with van der Waals surface area (Å²) in [5.41, 5.74) is 1.09. The minimum Gasteiger partial charge on any atom is -0.381 e. The smallest absolute Gasteiger partial charge is 0.253 e. The summed E-state index contributed by atoms with van der Waals surface area (Å²) in [7, 11) is 1.82. The number of carbonyl (C=O) groups excluding carboxylic acids is 1. The summed E-state index contributed by atoms with van der Waals surface area (Å²) in [6.07, 6.45) is 1.75. The van der Waals surface area contributed by atoms with Gasteiger partial charge in [-0.25, -0.2) is 0 Å². The third-order valence-corrected chi connectivity index (χ3v) is 3.30. The Morgan fingerprint density at radius 1 is 1.44 bits per heavy atom. The molecule has 18 heavy (non-hydrogen) atoms. The van der Waals surface area contributed by atoms with Crippen LogP contribution in [-0.4, -0.2) is 37.1 Å². The first-order chi connectivity index (χ1) is 8.72. The van der Waals surface area contributed by atoms with Crippen molar-refractivity contribution in [2.45, 2.75) is 18.9 Å². The van der Waals surface area contributed by atoms with Gasteiger partial charge in [-0.15, -0.1) is 0 Å². The van der Waals surface area contributed by atoms with Crippen molar-refractivity contribution >= 4 is 5.91 Å². The summed E-state index contributed by atoms with van der Waals surface area (Å²) in [6.45, 7) is 1.42. The molecule has 0 atom stereocenters. The van der Waals surface area contributed by atoms with Crippen LogP contribution in [0.5, 0.6) is 0 Å². The highest BCUT2D eigenvalue weighted by atomic mass is 16.5. The highest BCUT2D eigenvalue weighted by molar-refractivity contribution is 5.94. The normalized spacial score (nSPS) is 16.0. The molecular weight excluding hydrogens is 228 g/mol. The van der Waals surface area contributed by atoms with Crippen LogP contribution in [0.1, 0.15) is 28.8 Å². The van der Waals surface area contributed by atoms with Gasteiger partial charge in [0.25, 0.3) is 5.91 Å². The Hall–Kier alpha value is -1.86. The molecule has 0 radical (unpaired) electrons. The van der Waals surface area contributed by atoms with Gasteiger partial charge in [-0.05, 0) is 31.0 Å². The van der Waals surface area contributed by atoms with Crippen LogP contribution >= 0.6 is 0 Å². The van der Waals surface area contributed by atoms with Crippen LogP contribution in [-0.2, 0) is 4.74 Å². The van der Waals surface area contributed by atoms with Crippen LogP contribution < -0.4 is 0 Å². The van der Waals surface area contributed by atoms with E-state index in [0.717, 1.165) is 12.8 Å². The number of hydrogen-bond acceptors (Lipinski definition) is 3. The Labute approximate surface area is 107 Å². The van der Waals surface area contributed by atoms with Crippen molar-refractivity contribution in [2.75, 3.05) is 20.3 Å². The average Bonchev–Trinajstić information content (AvgIpc) is 2.46. The lowest BCUT2D eigenvalue weighted by Gasteiger charge is -2.31.